The van der Waals surface area contributed by atoms with Crippen molar-refractivity contribution in [3.8, 4) is 11.5 Å². The maximum atomic E-state index is 10.1. The number of nitrogens with zero attached hydrogens (tertiary/aromatic N) is 1. The summed E-state index contributed by atoms with van der Waals surface area (Å²) in [5.74, 6) is 0.598. The first-order chi connectivity index (χ1) is 9.63. The second kappa shape index (κ2) is 7.16. The number of halogens is 1. The van der Waals surface area contributed by atoms with Gasteiger partial charge < -0.3 is 20.1 Å². The van der Waals surface area contributed by atoms with Crippen LogP contribution in [-0.2, 0) is 6.54 Å². The number of aromatic hydroxyl groups is 1. The van der Waals surface area contributed by atoms with Gasteiger partial charge in [0.2, 0.25) is 0 Å². The van der Waals surface area contributed by atoms with Gasteiger partial charge in [-0.15, -0.1) is 0 Å². The van der Waals surface area contributed by atoms with Gasteiger partial charge in [-0.3, -0.25) is 0 Å². The Morgan fingerprint density at radius 2 is 2.30 bits per heavy atom. The highest BCUT2D eigenvalue weighted by molar-refractivity contribution is 6.30. The van der Waals surface area contributed by atoms with Crippen LogP contribution in [0.15, 0.2) is 12.1 Å². The predicted octanol–water partition coefficient (Wildman–Crippen LogP) is 2.63. The Bertz CT molecular complexity index is 454. The average molecular weight is 299 g/mol. The van der Waals surface area contributed by atoms with Crippen molar-refractivity contribution in [1.82, 2.24) is 10.2 Å². The molecule has 1 aromatic rings. The number of hydrogen-bond donors (Lipinski definition) is 2. The predicted molar refractivity (Wildman–Crippen MR) is 81.6 cm³/mol. The Hall–Kier alpha value is -0.970. The maximum absolute atomic E-state index is 10.1. The first-order valence-electron chi connectivity index (χ1n) is 7.15. The van der Waals surface area contributed by atoms with E-state index >= 15 is 0 Å². The topological polar surface area (TPSA) is 44.7 Å². The van der Waals surface area contributed by atoms with Gasteiger partial charge in [-0.1, -0.05) is 18.5 Å². The molecule has 1 aromatic carbocycles. The third-order valence-corrected chi connectivity index (χ3v) is 4.09. The molecule has 0 aromatic heterocycles. The van der Waals surface area contributed by atoms with Crippen molar-refractivity contribution < 1.29 is 9.84 Å². The molecule has 2 rings (SSSR count). The normalized spacial score (nSPS) is 20.1. The van der Waals surface area contributed by atoms with Crippen molar-refractivity contribution in [2.24, 2.45) is 0 Å². The van der Waals surface area contributed by atoms with Crippen molar-refractivity contribution in [1.29, 1.82) is 0 Å². The van der Waals surface area contributed by atoms with E-state index in [2.05, 4.69) is 17.1 Å². The lowest BCUT2D eigenvalue weighted by molar-refractivity contribution is 0.198. The number of phenols is 1. The molecular formula is C15H23ClN2O2. The molecule has 0 amide bonds. The van der Waals surface area contributed by atoms with Crippen LogP contribution < -0.4 is 10.1 Å². The van der Waals surface area contributed by atoms with Crippen molar-refractivity contribution in [3.63, 3.8) is 0 Å². The van der Waals surface area contributed by atoms with Gasteiger partial charge in [-0.25, -0.2) is 0 Å². The number of benzene rings is 1. The highest BCUT2D eigenvalue weighted by Gasteiger charge is 2.19. The fraction of sp³-hybridized carbons (Fsp3) is 0.600. The molecule has 1 fully saturated rings. The van der Waals surface area contributed by atoms with Crippen LogP contribution in [0.2, 0.25) is 5.02 Å². The standard InChI is InChI=1S/C15H23ClN2O2/c1-3-18-6-4-5-13(10-18)17-9-11-7-12(16)8-14(20-2)15(11)19/h7-8,13,17,19H,3-6,9-10H2,1-2H3. The number of likely N-dealkylation sites (tertiary alicyclic amines) is 1. The van der Waals surface area contributed by atoms with E-state index in [1.807, 2.05) is 0 Å². The van der Waals surface area contributed by atoms with Gasteiger partial charge in [0.05, 0.1) is 7.11 Å². The minimum absolute atomic E-state index is 0.174. The number of piperidine rings is 1. The fourth-order valence-corrected chi connectivity index (χ4v) is 2.91. The third-order valence-electron chi connectivity index (χ3n) is 3.87. The first kappa shape index (κ1) is 15.4. The molecule has 4 nitrogen and oxygen atoms in total. The van der Waals surface area contributed by atoms with Crippen molar-refractivity contribution in [2.45, 2.75) is 32.4 Å². The van der Waals surface area contributed by atoms with Crippen LogP contribution in [0.1, 0.15) is 25.3 Å². The van der Waals surface area contributed by atoms with E-state index in [-0.39, 0.29) is 5.75 Å². The van der Waals surface area contributed by atoms with Crippen molar-refractivity contribution in [2.75, 3.05) is 26.7 Å². The molecule has 2 N–H and O–H groups in total. The maximum Gasteiger partial charge on any atom is 0.162 e. The van der Waals surface area contributed by atoms with E-state index in [1.165, 1.54) is 26.5 Å². The summed E-state index contributed by atoms with van der Waals surface area (Å²) in [6, 6.07) is 3.88. The smallest absolute Gasteiger partial charge is 0.162 e. The molecule has 0 bridgehead atoms. The van der Waals surface area contributed by atoms with E-state index in [0.29, 0.717) is 23.4 Å². The number of likely N-dealkylation sites (N-methyl/N-ethyl adjacent to an activating group) is 1. The molecular weight excluding hydrogens is 276 g/mol. The van der Waals surface area contributed by atoms with E-state index in [9.17, 15) is 5.11 Å². The summed E-state index contributed by atoms with van der Waals surface area (Å²) in [6.45, 7) is 6.13. The first-order valence-corrected chi connectivity index (χ1v) is 7.53. The van der Waals surface area contributed by atoms with Crippen LogP contribution in [0.25, 0.3) is 0 Å². The van der Waals surface area contributed by atoms with Gasteiger partial charge in [0.25, 0.3) is 0 Å². The lowest BCUT2D eigenvalue weighted by Crippen LogP contribution is -2.45. The molecule has 0 spiro atoms. The Morgan fingerprint density at radius 1 is 1.50 bits per heavy atom. The SMILES string of the molecule is CCN1CCCC(NCc2cc(Cl)cc(OC)c2O)C1. The molecule has 1 heterocycles. The average Bonchev–Trinajstić information content (AvgIpc) is 2.48. The van der Waals surface area contributed by atoms with Gasteiger partial charge in [-0.05, 0) is 32.0 Å². The zero-order valence-electron chi connectivity index (χ0n) is 12.2. The molecule has 5 heteroatoms. The summed E-state index contributed by atoms with van der Waals surface area (Å²) in [6.07, 6.45) is 2.39. The van der Waals surface area contributed by atoms with Gasteiger partial charge in [0, 0.05) is 35.8 Å². The van der Waals surface area contributed by atoms with Gasteiger partial charge in [0.1, 0.15) is 0 Å². The molecule has 0 radical (unpaired) electrons. The minimum Gasteiger partial charge on any atom is -0.504 e. The molecule has 20 heavy (non-hydrogen) atoms. The van der Waals surface area contributed by atoms with Crippen LogP contribution >= 0.6 is 11.6 Å². The minimum atomic E-state index is 0.174. The molecule has 0 saturated carbocycles. The second-order valence-electron chi connectivity index (χ2n) is 5.23. The molecule has 1 aliphatic rings. The van der Waals surface area contributed by atoms with Crippen LogP contribution in [0.4, 0.5) is 0 Å². The van der Waals surface area contributed by atoms with E-state index in [1.54, 1.807) is 12.1 Å². The Kier molecular flexibility index (Phi) is 5.52. The van der Waals surface area contributed by atoms with E-state index in [0.717, 1.165) is 18.7 Å². The summed E-state index contributed by atoms with van der Waals surface area (Å²) in [5, 5.41) is 14.2. The molecule has 1 atom stereocenters. The summed E-state index contributed by atoms with van der Waals surface area (Å²) in [7, 11) is 1.53. The zero-order valence-corrected chi connectivity index (χ0v) is 12.9. The van der Waals surface area contributed by atoms with Crippen LogP contribution in [0.5, 0.6) is 11.5 Å². The zero-order chi connectivity index (χ0) is 14.5. The number of phenolic OH excluding ortho intramolecular Hbond substituents is 1. The molecule has 0 aliphatic carbocycles. The van der Waals surface area contributed by atoms with Crippen molar-refractivity contribution in [3.05, 3.63) is 22.7 Å². The van der Waals surface area contributed by atoms with Crippen LogP contribution in [-0.4, -0.2) is 42.8 Å². The number of methoxy groups -OCH3 is 1. The van der Waals surface area contributed by atoms with Crippen LogP contribution in [0.3, 0.4) is 0 Å². The number of nitrogens with one attached hydrogen (secondary N) is 1. The van der Waals surface area contributed by atoms with E-state index < -0.39 is 0 Å². The quantitative estimate of drug-likeness (QED) is 0.877. The molecule has 1 aliphatic heterocycles. The fourth-order valence-electron chi connectivity index (χ4n) is 2.68. The summed E-state index contributed by atoms with van der Waals surface area (Å²) in [5.41, 5.74) is 0.781. The van der Waals surface area contributed by atoms with Crippen LogP contribution in [0, 0.1) is 0 Å². The van der Waals surface area contributed by atoms with Crippen molar-refractivity contribution >= 4 is 11.6 Å². The van der Waals surface area contributed by atoms with E-state index in [4.69, 9.17) is 16.3 Å². The number of hydrogen-bond acceptors (Lipinski definition) is 4. The molecule has 112 valence electrons. The number of rotatable bonds is 5. The Morgan fingerprint density at radius 3 is 3.00 bits per heavy atom. The number of ether oxygens (including phenoxy) is 1. The summed E-state index contributed by atoms with van der Waals surface area (Å²) < 4.78 is 5.12. The summed E-state index contributed by atoms with van der Waals surface area (Å²) in [4.78, 5) is 2.44. The Balaban J connectivity index is 1.98. The van der Waals surface area contributed by atoms with Gasteiger partial charge >= 0.3 is 0 Å². The second-order valence-corrected chi connectivity index (χ2v) is 5.67. The lowest BCUT2D eigenvalue weighted by atomic mass is 10.1. The Labute approximate surface area is 125 Å². The largest absolute Gasteiger partial charge is 0.504 e. The molecule has 1 unspecified atom stereocenters. The third kappa shape index (κ3) is 3.78. The lowest BCUT2D eigenvalue weighted by Gasteiger charge is -2.32. The monoisotopic (exact) mass is 298 g/mol. The highest BCUT2D eigenvalue weighted by atomic mass is 35.5. The highest BCUT2D eigenvalue weighted by Crippen LogP contribution is 2.33. The summed E-state index contributed by atoms with van der Waals surface area (Å²) >= 11 is 6.04. The van der Waals surface area contributed by atoms with Gasteiger partial charge in [0.15, 0.2) is 11.5 Å². The van der Waals surface area contributed by atoms with Gasteiger partial charge in [-0.2, -0.15) is 0 Å². The molecule has 1 saturated heterocycles.